The number of nitrogens with zero attached hydrogens (tertiary/aromatic N) is 1. The number of benzene rings is 1. The van der Waals surface area contributed by atoms with Crippen LogP contribution < -0.4 is 0 Å². The van der Waals surface area contributed by atoms with Gasteiger partial charge in [-0.2, -0.15) is 13.2 Å². The highest BCUT2D eigenvalue weighted by atomic mass is 127. The van der Waals surface area contributed by atoms with Gasteiger partial charge in [-0.1, -0.05) is 23.7 Å². The van der Waals surface area contributed by atoms with Crippen LogP contribution in [0.3, 0.4) is 0 Å². The molecule has 2 rings (SSSR count). The highest BCUT2D eigenvalue weighted by Crippen LogP contribution is 2.33. The Labute approximate surface area is 120 Å². The molecule has 0 saturated carbocycles. The highest BCUT2D eigenvalue weighted by molar-refractivity contribution is 14.1. The molecular weight excluding hydrogens is 377 g/mol. The van der Waals surface area contributed by atoms with Crippen LogP contribution in [-0.4, -0.2) is 4.98 Å². The number of alkyl halides is 3. The van der Waals surface area contributed by atoms with E-state index in [-0.39, 0.29) is 0 Å². The van der Waals surface area contributed by atoms with Crippen LogP contribution in [0.2, 0.25) is 5.02 Å². The van der Waals surface area contributed by atoms with E-state index in [1.165, 1.54) is 6.07 Å². The first kappa shape index (κ1) is 13.6. The van der Waals surface area contributed by atoms with Crippen molar-refractivity contribution in [2.24, 2.45) is 0 Å². The Morgan fingerprint density at radius 1 is 1.17 bits per heavy atom. The smallest absolute Gasteiger partial charge is 0.254 e. The summed E-state index contributed by atoms with van der Waals surface area (Å²) in [5, 5.41) is 0.334. The minimum Gasteiger partial charge on any atom is -0.254 e. The second-order valence-corrected chi connectivity index (χ2v) is 5.22. The normalized spacial score (nSPS) is 11.6. The zero-order chi connectivity index (χ0) is 13.3. The number of hydrogen-bond acceptors (Lipinski definition) is 1. The van der Waals surface area contributed by atoms with Gasteiger partial charge in [-0.15, -0.1) is 0 Å². The molecule has 0 N–H and O–H groups in total. The van der Waals surface area contributed by atoms with E-state index < -0.39 is 11.7 Å². The molecule has 1 nitrogen and oxygen atoms in total. The number of rotatable bonds is 1. The molecule has 0 aliphatic heterocycles. The largest absolute Gasteiger partial charge is 0.416 e. The first-order valence-corrected chi connectivity index (χ1v) is 6.32. The fourth-order valence-electron chi connectivity index (χ4n) is 1.47. The molecule has 0 aliphatic rings. The van der Waals surface area contributed by atoms with Gasteiger partial charge in [0.15, 0.2) is 0 Å². The summed E-state index contributed by atoms with van der Waals surface area (Å²) in [6, 6.07) is 6.61. The first-order chi connectivity index (χ1) is 8.38. The standard InChI is InChI=1S/C12H6ClF3IN/c13-10-5-9(17)6-18-11(10)7-2-1-3-8(4-7)12(14,15)16/h1-6H. The van der Waals surface area contributed by atoms with E-state index in [9.17, 15) is 13.2 Å². The highest BCUT2D eigenvalue weighted by Gasteiger charge is 2.30. The van der Waals surface area contributed by atoms with Gasteiger partial charge in [-0.3, -0.25) is 4.98 Å². The maximum atomic E-state index is 12.6. The number of pyridine rings is 1. The minimum atomic E-state index is -4.37. The van der Waals surface area contributed by atoms with Crippen molar-refractivity contribution >= 4 is 34.2 Å². The maximum absolute atomic E-state index is 12.6. The van der Waals surface area contributed by atoms with E-state index in [4.69, 9.17) is 11.6 Å². The molecule has 1 aromatic carbocycles. The van der Waals surface area contributed by atoms with E-state index in [2.05, 4.69) is 4.98 Å². The van der Waals surface area contributed by atoms with Crippen LogP contribution in [0.15, 0.2) is 36.5 Å². The zero-order valence-corrected chi connectivity index (χ0v) is 11.7. The van der Waals surface area contributed by atoms with Crippen LogP contribution in [0.1, 0.15) is 5.56 Å². The molecule has 0 atom stereocenters. The molecule has 0 spiro atoms. The Morgan fingerprint density at radius 3 is 2.50 bits per heavy atom. The monoisotopic (exact) mass is 383 g/mol. The maximum Gasteiger partial charge on any atom is 0.416 e. The summed E-state index contributed by atoms with van der Waals surface area (Å²) in [6.45, 7) is 0. The van der Waals surface area contributed by atoms with Crippen LogP contribution in [0.5, 0.6) is 0 Å². The molecule has 6 heteroatoms. The lowest BCUT2D eigenvalue weighted by molar-refractivity contribution is -0.137. The molecule has 0 amide bonds. The Hall–Kier alpha value is -0.820. The van der Waals surface area contributed by atoms with Crippen molar-refractivity contribution in [1.82, 2.24) is 4.98 Å². The van der Waals surface area contributed by atoms with E-state index in [1.54, 1.807) is 18.3 Å². The summed E-state index contributed by atoms with van der Waals surface area (Å²) in [5.41, 5.74) is -0.00850. The summed E-state index contributed by atoms with van der Waals surface area (Å²) in [7, 11) is 0. The summed E-state index contributed by atoms with van der Waals surface area (Å²) in [5.74, 6) is 0. The van der Waals surface area contributed by atoms with E-state index >= 15 is 0 Å². The third-order valence-electron chi connectivity index (χ3n) is 2.27. The Kier molecular flexibility index (Phi) is 3.82. The first-order valence-electron chi connectivity index (χ1n) is 4.86. The third-order valence-corrected chi connectivity index (χ3v) is 3.15. The number of hydrogen-bond donors (Lipinski definition) is 0. The van der Waals surface area contributed by atoms with Gasteiger partial charge in [0.1, 0.15) is 0 Å². The molecule has 0 radical (unpaired) electrons. The summed E-state index contributed by atoms with van der Waals surface area (Å²) < 4.78 is 38.6. The molecular formula is C12H6ClF3IN. The van der Waals surface area contributed by atoms with E-state index in [0.717, 1.165) is 15.7 Å². The van der Waals surface area contributed by atoms with Crippen molar-refractivity contribution in [1.29, 1.82) is 0 Å². The van der Waals surface area contributed by atoms with Gasteiger partial charge in [0, 0.05) is 15.3 Å². The number of halogens is 5. The molecule has 0 bridgehead atoms. The number of aromatic nitrogens is 1. The lowest BCUT2D eigenvalue weighted by Crippen LogP contribution is -2.04. The third kappa shape index (κ3) is 2.95. The van der Waals surface area contributed by atoms with Crippen molar-refractivity contribution in [3.05, 3.63) is 50.7 Å². The second kappa shape index (κ2) is 5.05. The topological polar surface area (TPSA) is 12.9 Å². The molecule has 1 aromatic heterocycles. The molecule has 0 fully saturated rings. The molecule has 0 aliphatic carbocycles. The molecule has 94 valence electrons. The van der Waals surface area contributed by atoms with Gasteiger partial charge in [-0.05, 0) is 40.8 Å². The Balaban J connectivity index is 2.51. The lowest BCUT2D eigenvalue weighted by atomic mass is 10.1. The van der Waals surface area contributed by atoms with Crippen molar-refractivity contribution in [2.45, 2.75) is 6.18 Å². The Morgan fingerprint density at radius 2 is 1.89 bits per heavy atom. The van der Waals surface area contributed by atoms with Gasteiger partial charge >= 0.3 is 6.18 Å². The molecule has 0 unspecified atom stereocenters. The average Bonchev–Trinajstić information content (AvgIpc) is 2.28. The van der Waals surface area contributed by atoms with Crippen LogP contribution in [0.25, 0.3) is 11.3 Å². The predicted octanol–water partition coefficient (Wildman–Crippen LogP) is 5.03. The predicted molar refractivity (Wildman–Crippen MR) is 72.4 cm³/mol. The quantitative estimate of drug-likeness (QED) is 0.630. The molecule has 0 saturated heterocycles. The molecule has 18 heavy (non-hydrogen) atoms. The molecule has 2 aromatic rings. The van der Waals surface area contributed by atoms with Gasteiger partial charge in [0.05, 0.1) is 16.3 Å². The summed E-state index contributed by atoms with van der Waals surface area (Å²) in [6.07, 6.45) is -2.81. The van der Waals surface area contributed by atoms with Crippen LogP contribution in [-0.2, 0) is 6.18 Å². The average molecular weight is 384 g/mol. The van der Waals surface area contributed by atoms with E-state index in [0.29, 0.717) is 16.3 Å². The second-order valence-electron chi connectivity index (χ2n) is 3.56. The van der Waals surface area contributed by atoms with Crippen LogP contribution in [0, 0.1) is 3.57 Å². The molecule has 1 heterocycles. The summed E-state index contributed by atoms with van der Waals surface area (Å²) >= 11 is 8.02. The van der Waals surface area contributed by atoms with Crippen LogP contribution in [0.4, 0.5) is 13.2 Å². The fourth-order valence-corrected chi connectivity index (χ4v) is 2.38. The van der Waals surface area contributed by atoms with Crippen molar-refractivity contribution < 1.29 is 13.2 Å². The van der Waals surface area contributed by atoms with Crippen LogP contribution >= 0.6 is 34.2 Å². The zero-order valence-electron chi connectivity index (χ0n) is 8.80. The van der Waals surface area contributed by atoms with Gasteiger partial charge in [-0.25, -0.2) is 0 Å². The van der Waals surface area contributed by atoms with Gasteiger partial charge < -0.3 is 0 Å². The van der Waals surface area contributed by atoms with Crippen molar-refractivity contribution in [3.63, 3.8) is 0 Å². The summed E-state index contributed by atoms with van der Waals surface area (Å²) in [4.78, 5) is 4.06. The van der Waals surface area contributed by atoms with Crippen molar-refractivity contribution in [2.75, 3.05) is 0 Å². The van der Waals surface area contributed by atoms with Gasteiger partial charge in [0.2, 0.25) is 0 Å². The lowest BCUT2D eigenvalue weighted by Gasteiger charge is -2.09. The van der Waals surface area contributed by atoms with E-state index in [1.807, 2.05) is 22.6 Å². The van der Waals surface area contributed by atoms with Gasteiger partial charge in [0.25, 0.3) is 0 Å². The Bertz CT molecular complexity index is 584. The van der Waals surface area contributed by atoms with Crippen molar-refractivity contribution in [3.8, 4) is 11.3 Å². The fraction of sp³-hybridized carbons (Fsp3) is 0.0833. The minimum absolute atomic E-state index is 0.334. The SMILES string of the molecule is FC(F)(F)c1cccc(-c2ncc(I)cc2Cl)c1.